The summed E-state index contributed by atoms with van der Waals surface area (Å²) in [5.41, 5.74) is 1.52. The van der Waals surface area contributed by atoms with Crippen LogP contribution in [0, 0.1) is 12.7 Å². The van der Waals surface area contributed by atoms with E-state index in [1.807, 2.05) is 6.92 Å². The highest BCUT2D eigenvalue weighted by Crippen LogP contribution is 2.22. The van der Waals surface area contributed by atoms with E-state index in [4.69, 9.17) is 16.3 Å². The van der Waals surface area contributed by atoms with Crippen LogP contribution in [0.1, 0.15) is 21.6 Å². The molecule has 1 aromatic heterocycles. The maximum absolute atomic E-state index is 14.0. The van der Waals surface area contributed by atoms with Gasteiger partial charge in [-0.15, -0.1) is 0 Å². The summed E-state index contributed by atoms with van der Waals surface area (Å²) in [6.45, 7) is 1.99. The molecule has 134 valence electrons. The Morgan fingerprint density at radius 3 is 2.77 bits per heavy atom. The fourth-order valence-electron chi connectivity index (χ4n) is 2.58. The lowest BCUT2D eigenvalue weighted by molar-refractivity contribution is 0.102. The van der Waals surface area contributed by atoms with Crippen molar-refractivity contribution in [1.29, 1.82) is 0 Å². The number of anilines is 1. The predicted molar refractivity (Wildman–Crippen MR) is 98.4 cm³/mol. The standard InChI is InChI=1S/C19H17ClFN3O2/c1-12-10-18(22-19(25)13-6-3-4-9-17(13)26-2)23-24(12)11-14-15(20)7-5-8-16(14)21/h3-10H,11H2,1-2H3,(H,22,23,25). The largest absolute Gasteiger partial charge is 0.496 e. The van der Waals surface area contributed by atoms with Gasteiger partial charge in [0.05, 0.1) is 19.2 Å². The quantitative estimate of drug-likeness (QED) is 0.725. The van der Waals surface area contributed by atoms with Crippen molar-refractivity contribution in [1.82, 2.24) is 9.78 Å². The summed E-state index contributed by atoms with van der Waals surface area (Å²) in [5.74, 6) is 0.105. The Kier molecular flexibility index (Phi) is 5.23. The number of methoxy groups -OCH3 is 1. The number of carbonyl (C=O) groups excluding carboxylic acids is 1. The van der Waals surface area contributed by atoms with Crippen LogP contribution in [-0.2, 0) is 6.54 Å². The Balaban J connectivity index is 1.81. The SMILES string of the molecule is COc1ccccc1C(=O)Nc1cc(C)n(Cc2c(F)cccc2Cl)n1. The van der Waals surface area contributed by atoms with Crippen molar-refractivity contribution < 1.29 is 13.9 Å². The topological polar surface area (TPSA) is 56.1 Å². The molecule has 3 rings (SSSR count). The minimum atomic E-state index is -0.396. The Labute approximate surface area is 155 Å². The minimum absolute atomic E-state index is 0.169. The molecule has 2 aromatic carbocycles. The lowest BCUT2D eigenvalue weighted by atomic mass is 10.2. The van der Waals surface area contributed by atoms with E-state index in [1.54, 1.807) is 47.1 Å². The highest BCUT2D eigenvalue weighted by molar-refractivity contribution is 6.31. The number of halogens is 2. The van der Waals surface area contributed by atoms with E-state index in [9.17, 15) is 9.18 Å². The van der Waals surface area contributed by atoms with Gasteiger partial charge in [0.15, 0.2) is 5.82 Å². The van der Waals surface area contributed by atoms with E-state index in [0.29, 0.717) is 27.7 Å². The molecule has 0 radical (unpaired) electrons. The van der Waals surface area contributed by atoms with Crippen molar-refractivity contribution in [3.8, 4) is 5.75 Å². The first kappa shape index (κ1) is 17.9. The van der Waals surface area contributed by atoms with E-state index in [1.165, 1.54) is 13.2 Å². The number of ether oxygens (including phenoxy) is 1. The third-order valence-electron chi connectivity index (χ3n) is 3.94. The van der Waals surface area contributed by atoms with Gasteiger partial charge < -0.3 is 10.1 Å². The number of hydrogen-bond donors (Lipinski definition) is 1. The van der Waals surface area contributed by atoms with Gasteiger partial charge in [0.25, 0.3) is 5.91 Å². The van der Waals surface area contributed by atoms with Gasteiger partial charge >= 0.3 is 0 Å². The second kappa shape index (κ2) is 7.58. The first-order valence-corrected chi connectivity index (χ1v) is 8.29. The Bertz CT molecular complexity index is 935. The van der Waals surface area contributed by atoms with E-state index in [-0.39, 0.29) is 12.5 Å². The molecule has 0 bridgehead atoms. The summed E-state index contributed by atoms with van der Waals surface area (Å²) >= 11 is 6.07. The molecule has 0 spiro atoms. The molecule has 0 saturated carbocycles. The second-order valence-corrected chi connectivity index (χ2v) is 6.09. The maximum Gasteiger partial charge on any atom is 0.260 e. The monoisotopic (exact) mass is 373 g/mol. The van der Waals surface area contributed by atoms with Crippen LogP contribution < -0.4 is 10.1 Å². The molecule has 1 heterocycles. The highest BCUT2D eigenvalue weighted by Gasteiger charge is 2.15. The summed E-state index contributed by atoms with van der Waals surface area (Å²) in [5, 5.41) is 7.39. The normalized spacial score (nSPS) is 10.6. The van der Waals surface area contributed by atoms with Gasteiger partial charge in [-0.3, -0.25) is 9.48 Å². The molecular weight excluding hydrogens is 357 g/mol. The van der Waals surface area contributed by atoms with E-state index in [0.717, 1.165) is 5.69 Å². The number of hydrogen-bond acceptors (Lipinski definition) is 3. The number of amides is 1. The van der Waals surface area contributed by atoms with Crippen molar-refractivity contribution in [2.24, 2.45) is 0 Å². The number of nitrogens with zero attached hydrogens (tertiary/aromatic N) is 2. The highest BCUT2D eigenvalue weighted by atomic mass is 35.5. The van der Waals surface area contributed by atoms with Gasteiger partial charge in [-0.2, -0.15) is 5.10 Å². The summed E-state index contributed by atoms with van der Waals surface area (Å²) in [6.07, 6.45) is 0. The molecule has 0 atom stereocenters. The first-order valence-electron chi connectivity index (χ1n) is 7.91. The average Bonchev–Trinajstić information content (AvgIpc) is 2.97. The second-order valence-electron chi connectivity index (χ2n) is 5.68. The zero-order valence-corrected chi connectivity index (χ0v) is 15.0. The molecule has 5 nitrogen and oxygen atoms in total. The number of aryl methyl sites for hydroxylation is 1. The number of para-hydroxylation sites is 1. The van der Waals surface area contributed by atoms with Crippen molar-refractivity contribution in [2.45, 2.75) is 13.5 Å². The molecule has 0 unspecified atom stereocenters. The third-order valence-corrected chi connectivity index (χ3v) is 4.30. The lowest BCUT2D eigenvalue weighted by Gasteiger charge is -2.08. The molecular formula is C19H17ClFN3O2. The Morgan fingerprint density at radius 2 is 2.04 bits per heavy atom. The van der Waals surface area contributed by atoms with Gasteiger partial charge in [-0.05, 0) is 31.2 Å². The number of carbonyl (C=O) groups is 1. The number of aromatic nitrogens is 2. The number of nitrogens with one attached hydrogen (secondary N) is 1. The molecule has 1 N–H and O–H groups in total. The van der Waals surface area contributed by atoms with Crippen molar-refractivity contribution >= 4 is 23.3 Å². The van der Waals surface area contributed by atoms with Crippen molar-refractivity contribution in [3.63, 3.8) is 0 Å². The van der Waals surface area contributed by atoms with Crippen LogP contribution in [0.2, 0.25) is 5.02 Å². The molecule has 0 fully saturated rings. The Morgan fingerprint density at radius 1 is 1.27 bits per heavy atom. The van der Waals surface area contributed by atoms with Gasteiger partial charge in [-0.25, -0.2) is 4.39 Å². The van der Waals surface area contributed by atoms with E-state index in [2.05, 4.69) is 10.4 Å². The summed E-state index contributed by atoms with van der Waals surface area (Å²) in [4.78, 5) is 12.5. The van der Waals surface area contributed by atoms with Gasteiger partial charge in [-0.1, -0.05) is 29.8 Å². The van der Waals surface area contributed by atoms with Crippen LogP contribution in [0.5, 0.6) is 5.75 Å². The first-order chi connectivity index (χ1) is 12.5. The predicted octanol–water partition coefficient (Wildman–Crippen LogP) is 4.29. The summed E-state index contributed by atoms with van der Waals surface area (Å²) in [7, 11) is 1.50. The zero-order chi connectivity index (χ0) is 18.7. The summed E-state index contributed by atoms with van der Waals surface area (Å²) in [6, 6.07) is 13.1. The molecule has 1 amide bonds. The molecule has 7 heteroatoms. The third kappa shape index (κ3) is 3.70. The van der Waals surface area contributed by atoms with Crippen LogP contribution in [-0.4, -0.2) is 22.8 Å². The van der Waals surface area contributed by atoms with Crippen molar-refractivity contribution in [2.75, 3.05) is 12.4 Å². The minimum Gasteiger partial charge on any atom is -0.496 e. The molecule has 0 aliphatic carbocycles. The van der Waals surface area contributed by atoms with Crippen LogP contribution in [0.3, 0.4) is 0 Å². The molecule has 3 aromatic rings. The molecule has 0 saturated heterocycles. The van der Waals surface area contributed by atoms with Crippen molar-refractivity contribution in [3.05, 3.63) is 76.2 Å². The fraction of sp³-hybridized carbons (Fsp3) is 0.158. The average molecular weight is 374 g/mol. The lowest BCUT2D eigenvalue weighted by Crippen LogP contribution is -2.14. The fourth-order valence-corrected chi connectivity index (χ4v) is 2.80. The summed E-state index contributed by atoms with van der Waals surface area (Å²) < 4.78 is 20.8. The van der Waals surface area contributed by atoms with E-state index >= 15 is 0 Å². The van der Waals surface area contributed by atoms with Gasteiger partial charge in [0, 0.05) is 22.3 Å². The van der Waals surface area contributed by atoms with E-state index < -0.39 is 5.82 Å². The van der Waals surface area contributed by atoms with Crippen LogP contribution in [0.4, 0.5) is 10.2 Å². The Hall–Kier alpha value is -2.86. The molecule has 0 aliphatic rings. The van der Waals surface area contributed by atoms with Crippen LogP contribution in [0.25, 0.3) is 0 Å². The zero-order valence-electron chi connectivity index (χ0n) is 14.3. The van der Waals surface area contributed by atoms with Crippen LogP contribution >= 0.6 is 11.6 Å². The maximum atomic E-state index is 14.0. The van der Waals surface area contributed by atoms with Gasteiger partial charge in [0.2, 0.25) is 0 Å². The molecule has 0 aliphatic heterocycles. The number of benzene rings is 2. The number of rotatable bonds is 5. The van der Waals surface area contributed by atoms with Crippen LogP contribution in [0.15, 0.2) is 48.5 Å². The van der Waals surface area contributed by atoms with Gasteiger partial charge in [0.1, 0.15) is 11.6 Å². The smallest absolute Gasteiger partial charge is 0.260 e. The molecule has 26 heavy (non-hydrogen) atoms.